The van der Waals surface area contributed by atoms with Crippen LogP contribution in [0.3, 0.4) is 0 Å². The van der Waals surface area contributed by atoms with E-state index >= 15 is 0 Å². The zero-order valence-corrected chi connectivity index (χ0v) is 13.1. The van der Waals surface area contributed by atoms with Gasteiger partial charge in [0.15, 0.2) is 0 Å². The third kappa shape index (κ3) is 4.00. The second-order valence-corrected chi connectivity index (χ2v) is 6.57. The van der Waals surface area contributed by atoms with Crippen LogP contribution < -0.4 is 5.32 Å². The Morgan fingerprint density at radius 3 is 2.84 bits per heavy atom. The van der Waals surface area contributed by atoms with Crippen molar-refractivity contribution in [3.05, 3.63) is 29.8 Å². The molecule has 2 atom stereocenters. The van der Waals surface area contributed by atoms with Gasteiger partial charge in [-0.05, 0) is 31.0 Å². The molecule has 1 aliphatic heterocycles. The van der Waals surface area contributed by atoms with Gasteiger partial charge in [0.05, 0.1) is 0 Å². The molecule has 2 unspecified atom stereocenters. The van der Waals surface area contributed by atoms with Gasteiger partial charge in [0.2, 0.25) is 0 Å². The minimum Gasteiger partial charge on any atom is -0.313 e. The highest BCUT2D eigenvalue weighted by atomic mass is 32.2. The van der Waals surface area contributed by atoms with Gasteiger partial charge < -0.3 is 5.32 Å². The Kier molecular flexibility index (Phi) is 6.25. The molecule has 19 heavy (non-hydrogen) atoms. The van der Waals surface area contributed by atoms with Crippen LogP contribution in [0.1, 0.15) is 57.4 Å². The fourth-order valence-corrected chi connectivity index (χ4v) is 4.24. The van der Waals surface area contributed by atoms with E-state index in [0.29, 0.717) is 12.0 Å². The Morgan fingerprint density at radius 1 is 1.21 bits per heavy atom. The maximum absolute atomic E-state index is 3.80. The highest BCUT2D eigenvalue weighted by molar-refractivity contribution is 7.99. The van der Waals surface area contributed by atoms with E-state index < -0.39 is 0 Å². The molecule has 1 aliphatic rings. The number of hydrogen-bond donors (Lipinski definition) is 1. The lowest BCUT2D eigenvalue weighted by molar-refractivity contribution is 0.413. The van der Waals surface area contributed by atoms with Crippen LogP contribution in [0.25, 0.3) is 0 Å². The molecule has 0 radical (unpaired) electrons. The molecule has 2 rings (SSSR count). The molecule has 106 valence electrons. The Bertz CT molecular complexity index is 377. The fraction of sp³-hybridized carbons (Fsp3) is 0.647. The van der Waals surface area contributed by atoms with E-state index in [4.69, 9.17) is 0 Å². The highest BCUT2D eigenvalue weighted by Gasteiger charge is 2.29. The molecule has 1 aromatic rings. The normalized spacial score (nSPS) is 19.4. The number of benzene rings is 1. The van der Waals surface area contributed by atoms with E-state index in [0.717, 1.165) is 6.54 Å². The molecule has 1 heterocycles. The second kappa shape index (κ2) is 7.96. The quantitative estimate of drug-likeness (QED) is 0.683. The van der Waals surface area contributed by atoms with Crippen LogP contribution in [0, 0.1) is 0 Å². The largest absolute Gasteiger partial charge is 0.313 e. The summed E-state index contributed by atoms with van der Waals surface area (Å²) < 4.78 is 0. The van der Waals surface area contributed by atoms with Crippen LogP contribution in [0.5, 0.6) is 0 Å². The van der Waals surface area contributed by atoms with Crippen LogP contribution in [0.15, 0.2) is 29.2 Å². The maximum Gasteiger partial charge on any atom is 0.0144 e. The fourth-order valence-electron chi connectivity index (χ4n) is 2.91. The zero-order chi connectivity index (χ0) is 13.5. The third-order valence-electron chi connectivity index (χ3n) is 4.00. The molecule has 0 amide bonds. The summed E-state index contributed by atoms with van der Waals surface area (Å²) in [4.78, 5) is 1.51. The Labute approximate surface area is 122 Å². The number of thioether (sulfide) groups is 1. The monoisotopic (exact) mass is 277 g/mol. The molecule has 1 aromatic carbocycles. The molecule has 1 nitrogen and oxygen atoms in total. The first-order valence-electron chi connectivity index (χ1n) is 7.82. The summed E-state index contributed by atoms with van der Waals surface area (Å²) in [6.07, 6.45) is 6.60. The van der Waals surface area contributed by atoms with Crippen molar-refractivity contribution in [1.29, 1.82) is 0 Å². The lowest BCUT2D eigenvalue weighted by Crippen LogP contribution is -2.35. The van der Waals surface area contributed by atoms with Crippen LogP contribution in [0.4, 0.5) is 0 Å². The summed E-state index contributed by atoms with van der Waals surface area (Å²) in [5.74, 6) is 1.97. The first-order valence-corrected chi connectivity index (χ1v) is 8.80. The van der Waals surface area contributed by atoms with Gasteiger partial charge in [-0.25, -0.2) is 0 Å². The lowest BCUT2D eigenvalue weighted by Gasteiger charge is -2.25. The SMILES string of the molecule is CCCCCC(NCCC)C1CSc2ccccc21. The molecular formula is C17H27NS. The molecule has 0 saturated carbocycles. The van der Waals surface area contributed by atoms with Crippen molar-refractivity contribution in [3.63, 3.8) is 0 Å². The van der Waals surface area contributed by atoms with Crippen molar-refractivity contribution in [3.8, 4) is 0 Å². The average Bonchev–Trinajstić information content (AvgIpc) is 2.87. The Balaban J connectivity index is 2.01. The van der Waals surface area contributed by atoms with Crippen LogP contribution >= 0.6 is 11.8 Å². The van der Waals surface area contributed by atoms with Gasteiger partial charge >= 0.3 is 0 Å². The molecule has 0 aliphatic carbocycles. The van der Waals surface area contributed by atoms with E-state index in [9.17, 15) is 0 Å². The number of nitrogens with one attached hydrogen (secondary N) is 1. The Hall–Kier alpha value is -0.470. The van der Waals surface area contributed by atoms with Gasteiger partial charge in [-0.2, -0.15) is 0 Å². The molecule has 0 fully saturated rings. The second-order valence-electron chi connectivity index (χ2n) is 5.51. The minimum atomic E-state index is 0.669. The predicted octanol–water partition coefficient (Wildman–Crippen LogP) is 4.82. The molecule has 0 bridgehead atoms. The van der Waals surface area contributed by atoms with Crippen molar-refractivity contribution in [2.24, 2.45) is 0 Å². The summed E-state index contributed by atoms with van der Waals surface area (Å²) >= 11 is 2.04. The molecular weight excluding hydrogens is 250 g/mol. The zero-order valence-electron chi connectivity index (χ0n) is 12.3. The van der Waals surface area contributed by atoms with Gasteiger partial charge in [-0.3, -0.25) is 0 Å². The van der Waals surface area contributed by atoms with Crippen molar-refractivity contribution < 1.29 is 0 Å². The number of hydrogen-bond acceptors (Lipinski definition) is 2. The van der Waals surface area contributed by atoms with E-state index in [1.807, 2.05) is 11.8 Å². The van der Waals surface area contributed by atoms with Crippen molar-refractivity contribution in [2.75, 3.05) is 12.3 Å². The van der Waals surface area contributed by atoms with Gasteiger partial charge in [-0.15, -0.1) is 11.8 Å². The first-order chi connectivity index (χ1) is 9.36. The summed E-state index contributed by atoms with van der Waals surface area (Å²) in [7, 11) is 0. The van der Waals surface area contributed by atoms with Crippen LogP contribution in [-0.4, -0.2) is 18.3 Å². The Morgan fingerprint density at radius 2 is 2.05 bits per heavy atom. The molecule has 0 spiro atoms. The molecule has 2 heteroatoms. The van der Waals surface area contributed by atoms with Gasteiger partial charge in [0.25, 0.3) is 0 Å². The average molecular weight is 277 g/mol. The van der Waals surface area contributed by atoms with E-state index in [1.165, 1.54) is 42.8 Å². The maximum atomic E-state index is 3.80. The standard InChI is InChI=1S/C17H27NS/c1-3-5-6-10-16(18-12-4-2)15-13-19-17-11-8-7-9-14(15)17/h7-9,11,15-16,18H,3-6,10,12-13H2,1-2H3. The highest BCUT2D eigenvalue weighted by Crippen LogP contribution is 2.41. The molecule has 0 aromatic heterocycles. The third-order valence-corrected chi connectivity index (χ3v) is 5.21. The van der Waals surface area contributed by atoms with Crippen molar-refractivity contribution in [1.82, 2.24) is 5.32 Å². The summed E-state index contributed by atoms with van der Waals surface area (Å²) in [5, 5.41) is 3.80. The van der Waals surface area contributed by atoms with Crippen LogP contribution in [0.2, 0.25) is 0 Å². The first kappa shape index (κ1) is 14.9. The van der Waals surface area contributed by atoms with Gasteiger partial charge in [-0.1, -0.05) is 51.3 Å². The number of fused-ring (bicyclic) bond motifs is 1. The van der Waals surface area contributed by atoms with Crippen LogP contribution in [-0.2, 0) is 0 Å². The van der Waals surface area contributed by atoms with Crippen molar-refractivity contribution >= 4 is 11.8 Å². The molecule has 1 N–H and O–H groups in total. The number of unbranched alkanes of at least 4 members (excludes halogenated alkanes) is 2. The smallest absolute Gasteiger partial charge is 0.0144 e. The van der Waals surface area contributed by atoms with E-state index in [2.05, 4.69) is 43.4 Å². The van der Waals surface area contributed by atoms with Gasteiger partial charge in [0.1, 0.15) is 0 Å². The number of rotatable bonds is 8. The minimum absolute atomic E-state index is 0.669. The van der Waals surface area contributed by atoms with Gasteiger partial charge in [0, 0.05) is 22.6 Å². The van der Waals surface area contributed by atoms with E-state index in [-0.39, 0.29) is 0 Å². The molecule has 0 saturated heterocycles. The summed E-state index contributed by atoms with van der Waals surface area (Å²) in [5.41, 5.74) is 1.58. The predicted molar refractivity (Wildman–Crippen MR) is 86.1 cm³/mol. The summed E-state index contributed by atoms with van der Waals surface area (Å²) in [6, 6.07) is 9.65. The summed E-state index contributed by atoms with van der Waals surface area (Å²) in [6.45, 7) is 5.70. The van der Waals surface area contributed by atoms with Crippen molar-refractivity contribution in [2.45, 2.75) is 62.8 Å². The lowest BCUT2D eigenvalue weighted by atomic mass is 9.89. The van der Waals surface area contributed by atoms with E-state index in [1.54, 1.807) is 5.56 Å². The topological polar surface area (TPSA) is 12.0 Å².